The van der Waals surface area contributed by atoms with E-state index in [4.69, 9.17) is 18.9 Å². The highest BCUT2D eigenvalue weighted by Crippen LogP contribution is 2.48. The van der Waals surface area contributed by atoms with Crippen LogP contribution in [0.4, 0.5) is 0 Å². The molecule has 0 unspecified atom stereocenters. The number of hydrogen-bond donors (Lipinski definition) is 1. The lowest BCUT2D eigenvalue weighted by atomic mass is 9.69. The first kappa shape index (κ1) is 35.1. The van der Waals surface area contributed by atoms with Crippen molar-refractivity contribution >= 4 is 16.1 Å². The van der Waals surface area contributed by atoms with Gasteiger partial charge in [0.05, 0.1) is 5.60 Å². The molecular formula is C33H60O5Si2. The Morgan fingerprint density at radius 2 is 1.40 bits per heavy atom. The van der Waals surface area contributed by atoms with Gasteiger partial charge in [-0.3, -0.25) is 0 Å². The second kappa shape index (κ2) is 15.9. The molecule has 1 aromatic rings. The zero-order valence-corrected chi connectivity index (χ0v) is 29.5. The minimum Gasteiger partial charge on any atom is -0.467 e. The fourth-order valence-corrected chi connectivity index (χ4v) is 6.69. The molecule has 2 rings (SSSR count). The van der Waals surface area contributed by atoms with E-state index < -0.39 is 21.7 Å². The van der Waals surface area contributed by atoms with Crippen LogP contribution in [0.3, 0.4) is 0 Å². The summed E-state index contributed by atoms with van der Waals surface area (Å²) in [7, 11) is -2.36. The molecule has 0 amide bonds. The first-order valence-corrected chi connectivity index (χ1v) is 23.0. The fourth-order valence-electron chi connectivity index (χ4n) is 5.18. The van der Waals surface area contributed by atoms with Gasteiger partial charge in [0.1, 0.15) is 11.5 Å². The molecule has 0 aromatic heterocycles. The average molecular weight is 593 g/mol. The number of ether oxygens (including phenoxy) is 4. The molecule has 0 heterocycles. The van der Waals surface area contributed by atoms with Crippen molar-refractivity contribution in [2.75, 3.05) is 26.8 Å². The second-order valence-corrected chi connectivity index (χ2v) is 26.0. The van der Waals surface area contributed by atoms with Crippen molar-refractivity contribution in [1.29, 1.82) is 0 Å². The third kappa shape index (κ3) is 12.8. The Morgan fingerprint density at radius 1 is 0.875 bits per heavy atom. The van der Waals surface area contributed by atoms with Gasteiger partial charge in [0, 0.05) is 40.8 Å². The fraction of sp³-hybridized carbons (Fsp3) is 0.758. The van der Waals surface area contributed by atoms with Gasteiger partial charge >= 0.3 is 0 Å². The van der Waals surface area contributed by atoms with Crippen LogP contribution in [0.5, 0.6) is 11.5 Å². The van der Waals surface area contributed by atoms with Crippen LogP contribution < -0.4 is 9.47 Å². The molecule has 0 saturated carbocycles. The number of aliphatic hydroxyl groups is 1. The molecule has 0 radical (unpaired) electrons. The number of aryl methyl sites for hydroxylation is 1. The van der Waals surface area contributed by atoms with Crippen molar-refractivity contribution in [1.82, 2.24) is 0 Å². The molecule has 5 nitrogen and oxygen atoms in total. The number of allylic oxidation sites excluding steroid dienone is 2. The highest BCUT2D eigenvalue weighted by Gasteiger charge is 2.38. The van der Waals surface area contributed by atoms with Crippen molar-refractivity contribution in [3.63, 3.8) is 0 Å². The van der Waals surface area contributed by atoms with Gasteiger partial charge in [-0.25, -0.2) is 0 Å². The quantitative estimate of drug-likeness (QED) is 0.0798. The Labute approximate surface area is 248 Å². The van der Waals surface area contributed by atoms with Gasteiger partial charge in [-0.15, -0.1) is 0 Å². The Balaban J connectivity index is 2.44. The summed E-state index contributed by atoms with van der Waals surface area (Å²) >= 11 is 0. The minimum atomic E-state index is -1.18. The van der Waals surface area contributed by atoms with E-state index in [2.05, 4.69) is 71.3 Å². The van der Waals surface area contributed by atoms with Crippen LogP contribution in [0, 0.1) is 5.92 Å². The van der Waals surface area contributed by atoms with Crippen LogP contribution in [0.2, 0.25) is 51.4 Å². The first-order chi connectivity index (χ1) is 18.6. The summed E-state index contributed by atoms with van der Waals surface area (Å²) in [6, 6.07) is 6.58. The lowest BCUT2D eigenvalue weighted by molar-refractivity contribution is -0.000447. The largest absolute Gasteiger partial charge is 0.467 e. The molecule has 1 aliphatic carbocycles. The van der Waals surface area contributed by atoms with Crippen molar-refractivity contribution in [2.45, 2.75) is 129 Å². The summed E-state index contributed by atoms with van der Waals surface area (Å²) in [5, 5.41) is 11.2. The molecule has 230 valence electrons. The summed E-state index contributed by atoms with van der Waals surface area (Å²) in [6.07, 6.45) is 8.71. The zero-order chi connectivity index (χ0) is 30.0. The maximum absolute atomic E-state index is 11.2. The summed E-state index contributed by atoms with van der Waals surface area (Å²) in [6.45, 7) is 24.3. The van der Waals surface area contributed by atoms with Crippen molar-refractivity contribution < 1.29 is 24.1 Å². The van der Waals surface area contributed by atoms with E-state index in [0.717, 1.165) is 54.8 Å². The highest BCUT2D eigenvalue weighted by atomic mass is 28.3. The Kier molecular flexibility index (Phi) is 14.0. The van der Waals surface area contributed by atoms with E-state index in [-0.39, 0.29) is 25.4 Å². The van der Waals surface area contributed by atoms with E-state index >= 15 is 0 Å². The van der Waals surface area contributed by atoms with Crippen LogP contribution in [0.15, 0.2) is 23.8 Å². The summed E-state index contributed by atoms with van der Waals surface area (Å²) < 4.78 is 24.8. The third-order valence-corrected chi connectivity index (χ3v) is 11.2. The van der Waals surface area contributed by atoms with Crippen LogP contribution in [-0.4, -0.2) is 53.7 Å². The Morgan fingerprint density at radius 3 is 1.85 bits per heavy atom. The molecule has 0 aliphatic heterocycles. The van der Waals surface area contributed by atoms with Gasteiger partial charge < -0.3 is 24.1 Å². The van der Waals surface area contributed by atoms with E-state index in [1.54, 1.807) is 0 Å². The number of rotatable bonds is 18. The molecule has 40 heavy (non-hydrogen) atoms. The van der Waals surface area contributed by atoms with Crippen LogP contribution in [-0.2, 0) is 15.9 Å². The third-order valence-electron chi connectivity index (χ3n) is 7.81. The highest BCUT2D eigenvalue weighted by molar-refractivity contribution is 6.76. The summed E-state index contributed by atoms with van der Waals surface area (Å²) in [5.41, 5.74) is 2.72. The van der Waals surface area contributed by atoms with E-state index in [1.807, 2.05) is 13.8 Å². The van der Waals surface area contributed by atoms with Crippen molar-refractivity contribution in [2.24, 2.45) is 5.92 Å². The minimum absolute atomic E-state index is 0.0209. The van der Waals surface area contributed by atoms with Gasteiger partial charge in [0.25, 0.3) is 0 Å². The van der Waals surface area contributed by atoms with E-state index in [0.29, 0.717) is 13.2 Å². The van der Waals surface area contributed by atoms with Gasteiger partial charge in [-0.2, -0.15) is 0 Å². The van der Waals surface area contributed by atoms with Crippen LogP contribution in [0.25, 0.3) is 0 Å². The molecule has 0 fully saturated rings. The molecule has 2 atom stereocenters. The smallest absolute Gasteiger partial charge is 0.189 e. The summed E-state index contributed by atoms with van der Waals surface area (Å²) in [5.74, 6) is 1.65. The Bertz CT molecular complexity index is 879. The topological polar surface area (TPSA) is 57.2 Å². The summed E-state index contributed by atoms with van der Waals surface area (Å²) in [4.78, 5) is 0. The second-order valence-electron chi connectivity index (χ2n) is 14.8. The first-order valence-electron chi connectivity index (χ1n) is 15.6. The predicted octanol–water partition coefficient (Wildman–Crippen LogP) is 9.01. The molecule has 0 bridgehead atoms. The molecule has 1 aromatic carbocycles. The number of benzene rings is 1. The molecule has 0 saturated heterocycles. The maximum atomic E-state index is 11.2. The average Bonchev–Trinajstić information content (AvgIpc) is 2.81. The lowest BCUT2D eigenvalue weighted by Gasteiger charge is -2.39. The maximum Gasteiger partial charge on any atom is 0.189 e. The lowest BCUT2D eigenvalue weighted by Crippen LogP contribution is -2.36. The molecular weight excluding hydrogens is 533 g/mol. The monoisotopic (exact) mass is 592 g/mol. The standard InChI is InChI=1S/C33H60O5Si2/c1-11-12-13-14-27-22-30(37-24-35-17-19-39(5,6)7)32(28-21-26(2)15-16-29(28)33(3,4)34)31(23-27)38-25-36-18-20-40(8,9)10/h21-23,28-29,34H,11-20,24-25H2,1-10H3/t28-,29-/m1/s1. The normalized spacial score (nSPS) is 18.5. The van der Waals surface area contributed by atoms with Crippen LogP contribution >= 0.6 is 0 Å². The molecule has 0 spiro atoms. The molecule has 1 N–H and O–H groups in total. The number of hydrogen-bond acceptors (Lipinski definition) is 5. The molecule has 7 heteroatoms. The van der Waals surface area contributed by atoms with Crippen molar-refractivity contribution in [3.05, 3.63) is 34.9 Å². The predicted molar refractivity (Wildman–Crippen MR) is 174 cm³/mol. The van der Waals surface area contributed by atoms with Crippen LogP contribution in [0.1, 0.15) is 76.8 Å². The van der Waals surface area contributed by atoms with Gasteiger partial charge in [-0.05, 0) is 82.2 Å². The van der Waals surface area contributed by atoms with Gasteiger partial charge in [0.2, 0.25) is 0 Å². The van der Waals surface area contributed by atoms with Gasteiger partial charge in [0.15, 0.2) is 13.6 Å². The van der Waals surface area contributed by atoms with E-state index in [1.165, 1.54) is 24.0 Å². The van der Waals surface area contributed by atoms with Gasteiger partial charge in [-0.1, -0.05) is 70.7 Å². The number of unbranched alkanes of at least 4 members (excludes halogenated alkanes) is 2. The SMILES string of the molecule is CCCCCc1cc(OCOCC[Si](C)(C)C)c([C@@H]2C=C(C)CC[C@H]2C(C)(C)O)c(OCOCC[Si](C)(C)C)c1. The van der Waals surface area contributed by atoms with E-state index in [9.17, 15) is 5.11 Å². The zero-order valence-electron chi connectivity index (χ0n) is 27.5. The van der Waals surface area contributed by atoms with Crippen molar-refractivity contribution in [3.8, 4) is 11.5 Å². The molecule has 1 aliphatic rings. The Hall–Kier alpha value is -1.13.